The summed E-state index contributed by atoms with van der Waals surface area (Å²) in [5, 5.41) is 5.26. The summed E-state index contributed by atoms with van der Waals surface area (Å²) in [6.45, 7) is 8.84. The van der Waals surface area contributed by atoms with Crippen molar-refractivity contribution < 1.29 is 23.9 Å². The van der Waals surface area contributed by atoms with Crippen molar-refractivity contribution in [3.05, 3.63) is 52.6 Å². The SMILES string of the molecule is CC(C=O)(CN1CCN(C(=O)Nc2ccn(-c3ccc(C=O)cc3)c(=O)n2)CC1)NC(=O)OC(C)(C)C. The molecule has 2 heterocycles. The van der Waals surface area contributed by atoms with E-state index in [0.29, 0.717) is 50.0 Å². The molecule has 1 saturated heterocycles. The Morgan fingerprint density at radius 2 is 1.68 bits per heavy atom. The first-order valence-corrected chi connectivity index (χ1v) is 11.8. The van der Waals surface area contributed by atoms with Gasteiger partial charge in [0.1, 0.15) is 29.5 Å². The molecule has 1 unspecified atom stereocenters. The van der Waals surface area contributed by atoms with Gasteiger partial charge in [-0.2, -0.15) is 4.98 Å². The van der Waals surface area contributed by atoms with Crippen LogP contribution in [0.15, 0.2) is 41.3 Å². The lowest BCUT2D eigenvalue weighted by Crippen LogP contribution is -2.59. The molecule has 12 nitrogen and oxygen atoms in total. The molecule has 1 aliphatic heterocycles. The van der Waals surface area contributed by atoms with E-state index in [9.17, 15) is 24.0 Å². The number of benzene rings is 1. The number of nitrogens with zero attached hydrogens (tertiary/aromatic N) is 4. The third-order valence-corrected chi connectivity index (χ3v) is 5.60. The predicted molar refractivity (Wildman–Crippen MR) is 136 cm³/mol. The maximum Gasteiger partial charge on any atom is 0.408 e. The van der Waals surface area contributed by atoms with Gasteiger partial charge in [0, 0.05) is 44.5 Å². The van der Waals surface area contributed by atoms with Gasteiger partial charge in [0.25, 0.3) is 0 Å². The van der Waals surface area contributed by atoms with Crippen LogP contribution < -0.4 is 16.3 Å². The largest absolute Gasteiger partial charge is 0.444 e. The van der Waals surface area contributed by atoms with Gasteiger partial charge in [0.15, 0.2) is 0 Å². The van der Waals surface area contributed by atoms with E-state index in [2.05, 4.69) is 15.6 Å². The van der Waals surface area contributed by atoms with Gasteiger partial charge in [-0.3, -0.25) is 19.6 Å². The number of nitrogens with one attached hydrogen (secondary N) is 2. The number of alkyl carbamates (subject to hydrolysis) is 1. The van der Waals surface area contributed by atoms with Gasteiger partial charge in [-0.1, -0.05) is 0 Å². The number of anilines is 1. The zero-order valence-electron chi connectivity index (χ0n) is 21.4. The second-order valence-corrected chi connectivity index (χ2v) is 10.0. The topological polar surface area (TPSA) is 143 Å². The molecular weight excluding hydrogens is 480 g/mol. The molecule has 0 aliphatic carbocycles. The summed E-state index contributed by atoms with van der Waals surface area (Å²) in [7, 11) is 0. The molecule has 1 aromatic carbocycles. The second kappa shape index (κ2) is 11.3. The summed E-state index contributed by atoms with van der Waals surface area (Å²) >= 11 is 0. The summed E-state index contributed by atoms with van der Waals surface area (Å²) in [6.07, 6.45) is 2.22. The summed E-state index contributed by atoms with van der Waals surface area (Å²) in [5.74, 6) is 0.119. The van der Waals surface area contributed by atoms with Crippen molar-refractivity contribution in [2.45, 2.75) is 38.8 Å². The lowest BCUT2D eigenvalue weighted by Gasteiger charge is -2.38. The van der Waals surface area contributed by atoms with Crippen molar-refractivity contribution in [2.24, 2.45) is 0 Å². The van der Waals surface area contributed by atoms with Crippen molar-refractivity contribution in [2.75, 3.05) is 38.0 Å². The molecule has 3 rings (SSSR count). The Morgan fingerprint density at radius 3 is 2.22 bits per heavy atom. The number of carbonyl (C=O) groups is 4. The van der Waals surface area contributed by atoms with Crippen molar-refractivity contribution in [1.29, 1.82) is 0 Å². The monoisotopic (exact) mass is 512 g/mol. The number of piperazine rings is 1. The molecule has 0 spiro atoms. The lowest BCUT2D eigenvalue weighted by atomic mass is 10.0. The van der Waals surface area contributed by atoms with E-state index in [0.717, 1.165) is 0 Å². The Bertz CT molecular complexity index is 1200. The van der Waals surface area contributed by atoms with E-state index >= 15 is 0 Å². The van der Waals surface area contributed by atoms with Crippen LogP contribution in [-0.2, 0) is 9.53 Å². The van der Waals surface area contributed by atoms with Crippen LogP contribution in [0.5, 0.6) is 0 Å². The van der Waals surface area contributed by atoms with Crippen molar-refractivity contribution in [3.8, 4) is 5.69 Å². The van der Waals surface area contributed by atoms with Crippen LogP contribution in [-0.4, -0.2) is 87.9 Å². The third kappa shape index (κ3) is 7.71. The number of hydrogen-bond acceptors (Lipinski definition) is 8. The van der Waals surface area contributed by atoms with E-state index in [1.54, 1.807) is 56.9 Å². The highest BCUT2D eigenvalue weighted by atomic mass is 16.6. The van der Waals surface area contributed by atoms with Crippen LogP contribution in [0.2, 0.25) is 0 Å². The van der Waals surface area contributed by atoms with Crippen molar-refractivity contribution in [3.63, 3.8) is 0 Å². The number of carbonyl (C=O) groups excluding carboxylic acids is 4. The highest BCUT2D eigenvalue weighted by Gasteiger charge is 2.32. The standard InChI is InChI=1S/C25H32N6O6/c1-24(2,3)37-23(36)28-25(4,17-33)16-29-11-13-30(14-12-29)21(34)26-20-9-10-31(22(35)27-20)19-7-5-18(15-32)6-8-19/h5-10,15,17H,11-14,16H2,1-4H3,(H,28,36)(H,26,27,34,35). The van der Waals surface area contributed by atoms with Gasteiger partial charge in [-0.15, -0.1) is 0 Å². The van der Waals surface area contributed by atoms with E-state index < -0.39 is 29.0 Å². The molecule has 1 fully saturated rings. The molecule has 2 aromatic rings. The molecule has 0 saturated carbocycles. The van der Waals surface area contributed by atoms with E-state index in [1.165, 1.54) is 16.8 Å². The minimum Gasteiger partial charge on any atom is -0.444 e. The van der Waals surface area contributed by atoms with Crippen LogP contribution in [0, 0.1) is 0 Å². The summed E-state index contributed by atoms with van der Waals surface area (Å²) in [4.78, 5) is 67.3. The number of aromatic nitrogens is 2. The summed E-state index contributed by atoms with van der Waals surface area (Å²) in [5.41, 5.74) is -1.37. The minimum atomic E-state index is -1.14. The molecular formula is C25H32N6O6. The van der Waals surface area contributed by atoms with Crippen molar-refractivity contribution >= 4 is 30.5 Å². The Labute approximate surface area is 214 Å². The zero-order chi connectivity index (χ0) is 27.2. The average Bonchev–Trinajstić information content (AvgIpc) is 2.83. The Balaban J connectivity index is 1.53. The summed E-state index contributed by atoms with van der Waals surface area (Å²) in [6, 6.07) is 7.56. The molecule has 3 amide bonds. The molecule has 12 heteroatoms. The van der Waals surface area contributed by atoms with Crippen LogP contribution in [0.4, 0.5) is 15.4 Å². The highest BCUT2D eigenvalue weighted by Crippen LogP contribution is 2.13. The average molecular weight is 513 g/mol. The maximum atomic E-state index is 12.7. The van der Waals surface area contributed by atoms with Crippen LogP contribution in [0.25, 0.3) is 5.69 Å². The van der Waals surface area contributed by atoms with E-state index in [-0.39, 0.29) is 12.4 Å². The quantitative estimate of drug-likeness (QED) is 0.534. The van der Waals surface area contributed by atoms with Gasteiger partial charge < -0.3 is 19.7 Å². The first-order valence-electron chi connectivity index (χ1n) is 11.8. The Kier molecular flexibility index (Phi) is 8.43. The summed E-state index contributed by atoms with van der Waals surface area (Å²) < 4.78 is 6.55. The number of ether oxygens (including phenoxy) is 1. The van der Waals surface area contributed by atoms with Crippen molar-refractivity contribution in [1.82, 2.24) is 24.7 Å². The molecule has 0 radical (unpaired) electrons. The zero-order valence-corrected chi connectivity index (χ0v) is 21.4. The Hall–Kier alpha value is -4.06. The molecule has 2 N–H and O–H groups in total. The van der Waals surface area contributed by atoms with E-state index in [1.807, 2.05) is 4.90 Å². The second-order valence-electron chi connectivity index (χ2n) is 10.0. The number of urea groups is 1. The molecule has 37 heavy (non-hydrogen) atoms. The van der Waals surface area contributed by atoms with Gasteiger partial charge in [0.05, 0.1) is 5.69 Å². The molecule has 198 valence electrons. The lowest BCUT2D eigenvalue weighted by molar-refractivity contribution is -0.113. The first kappa shape index (κ1) is 27.5. The molecule has 0 bridgehead atoms. The van der Waals surface area contributed by atoms with Crippen LogP contribution in [0.3, 0.4) is 0 Å². The Morgan fingerprint density at radius 1 is 1.03 bits per heavy atom. The molecule has 1 aromatic heterocycles. The number of amides is 3. The van der Waals surface area contributed by atoms with Crippen LogP contribution in [0.1, 0.15) is 38.1 Å². The van der Waals surface area contributed by atoms with Gasteiger partial charge in [-0.05, 0) is 58.0 Å². The van der Waals surface area contributed by atoms with Gasteiger partial charge in [0.2, 0.25) is 0 Å². The number of rotatable bonds is 7. The predicted octanol–water partition coefficient (Wildman–Crippen LogP) is 1.68. The van der Waals surface area contributed by atoms with Gasteiger partial charge in [-0.25, -0.2) is 14.4 Å². The smallest absolute Gasteiger partial charge is 0.408 e. The van der Waals surface area contributed by atoms with Crippen LogP contribution >= 0.6 is 0 Å². The number of hydrogen-bond donors (Lipinski definition) is 2. The van der Waals surface area contributed by atoms with Gasteiger partial charge >= 0.3 is 17.8 Å². The third-order valence-electron chi connectivity index (χ3n) is 5.60. The highest BCUT2D eigenvalue weighted by molar-refractivity contribution is 5.88. The first-order chi connectivity index (χ1) is 17.4. The maximum absolute atomic E-state index is 12.7. The number of aldehydes is 2. The van der Waals surface area contributed by atoms with E-state index in [4.69, 9.17) is 4.74 Å². The fraction of sp³-hybridized carbons (Fsp3) is 0.440. The fourth-order valence-electron chi connectivity index (χ4n) is 3.79. The normalized spacial score (nSPS) is 15.8. The fourth-order valence-corrected chi connectivity index (χ4v) is 3.79. The molecule has 1 atom stereocenters. The minimum absolute atomic E-state index is 0.119. The molecule has 1 aliphatic rings.